The number of methoxy groups -OCH3 is 1. The lowest BCUT2D eigenvalue weighted by molar-refractivity contribution is -0.132. The van der Waals surface area contributed by atoms with E-state index in [4.69, 9.17) is 16.3 Å². The minimum atomic E-state index is -1.20. The van der Waals surface area contributed by atoms with Crippen LogP contribution in [0.15, 0.2) is 36.4 Å². The average Bonchev–Trinajstić information content (AvgIpc) is 2.89. The van der Waals surface area contributed by atoms with Gasteiger partial charge in [-0.05, 0) is 48.7 Å². The van der Waals surface area contributed by atoms with Crippen LogP contribution < -0.4 is 10.1 Å². The standard InChI is InChI=1S/C20H20ClFN2O3/c1-4-20(13-8-9-17(27-3)12(2)10-13)18(25)24(19(26)23-20)11-14-15(21)6-5-7-16(14)22/h5-10H,4,11H2,1-3H3,(H,23,26). The maximum Gasteiger partial charge on any atom is 0.325 e. The Balaban J connectivity index is 1.99. The number of nitrogens with zero attached hydrogens (tertiary/aromatic N) is 1. The molecule has 7 heteroatoms. The molecule has 1 unspecified atom stereocenters. The van der Waals surface area contributed by atoms with Gasteiger partial charge in [-0.3, -0.25) is 9.69 Å². The first-order chi connectivity index (χ1) is 12.8. The molecular formula is C20H20ClFN2O3. The summed E-state index contributed by atoms with van der Waals surface area (Å²) in [6.45, 7) is 3.45. The van der Waals surface area contributed by atoms with Crippen LogP contribution in [-0.4, -0.2) is 23.9 Å². The number of aryl methyl sites for hydroxylation is 1. The van der Waals surface area contributed by atoms with Crippen molar-refractivity contribution in [3.05, 3.63) is 63.9 Å². The molecule has 1 heterocycles. The van der Waals surface area contributed by atoms with Crippen LogP contribution in [0.5, 0.6) is 5.75 Å². The smallest absolute Gasteiger partial charge is 0.325 e. The van der Waals surface area contributed by atoms with Gasteiger partial charge in [-0.1, -0.05) is 30.7 Å². The summed E-state index contributed by atoms with van der Waals surface area (Å²) in [7, 11) is 1.57. The number of nitrogens with one attached hydrogen (secondary N) is 1. The normalized spacial score (nSPS) is 19.4. The fourth-order valence-corrected chi connectivity index (χ4v) is 3.62. The summed E-state index contributed by atoms with van der Waals surface area (Å²) in [6.07, 6.45) is 0.352. The molecule has 142 valence electrons. The summed E-state index contributed by atoms with van der Waals surface area (Å²) in [5.74, 6) is -0.298. The summed E-state index contributed by atoms with van der Waals surface area (Å²) in [5, 5.41) is 2.96. The van der Waals surface area contributed by atoms with Gasteiger partial charge in [0.2, 0.25) is 0 Å². The minimum Gasteiger partial charge on any atom is -0.496 e. The van der Waals surface area contributed by atoms with Crippen LogP contribution in [0.4, 0.5) is 9.18 Å². The third kappa shape index (κ3) is 3.14. The molecule has 1 aliphatic rings. The van der Waals surface area contributed by atoms with E-state index in [1.807, 2.05) is 19.9 Å². The first-order valence-electron chi connectivity index (χ1n) is 8.56. The molecule has 1 saturated heterocycles. The zero-order valence-corrected chi connectivity index (χ0v) is 16.1. The van der Waals surface area contributed by atoms with Crippen LogP contribution in [-0.2, 0) is 16.9 Å². The van der Waals surface area contributed by atoms with E-state index in [1.54, 1.807) is 19.2 Å². The van der Waals surface area contributed by atoms with E-state index >= 15 is 0 Å². The van der Waals surface area contributed by atoms with E-state index in [-0.39, 0.29) is 17.1 Å². The monoisotopic (exact) mass is 390 g/mol. The van der Waals surface area contributed by atoms with Crippen LogP contribution in [0, 0.1) is 12.7 Å². The van der Waals surface area contributed by atoms with E-state index in [0.717, 1.165) is 10.5 Å². The first kappa shape index (κ1) is 19.2. The number of rotatable bonds is 5. The quantitative estimate of drug-likeness (QED) is 0.780. The Hall–Kier alpha value is -2.60. The van der Waals surface area contributed by atoms with Crippen LogP contribution in [0.1, 0.15) is 30.0 Å². The third-order valence-corrected chi connectivity index (χ3v) is 5.33. The molecular weight excluding hydrogens is 371 g/mol. The van der Waals surface area contributed by atoms with Crippen molar-refractivity contribution in [1.82, 2.24) is 10.2 Å². The molecule has 2 aromatic rings. The Labute approximate surface area is 162 Å². The number of carbonyl (C=O) groups is 2. The van der Waals surface area contributed by atoms with Gasteiger partial charge in [0, 0.05) is 10.6 Å². The zero-order chi connectivity index (χ0) is 19.8. The van der Waals surface area contributed by atoms with Crippen molar-refractivity contribution < 1.29 is 18.7 Å². The van der Waals surface area contributed by atoms with Crippen LogP contribution in [0.3, 0.4) is 0 Å². The highest BCUT2D eigenvalue weighted by Crippen LogP contribution is 2.36. The van der Waals surface area contributed by atoms with Crippen molar-refractivity contribution in [3.63, 3.8) is 0 Å². The van der Waals surface area contributed by atoms with E-state index in [0.29, 0.717) is 17.7 Å². The first-order valence-corrected chi connectivity index (χ1v) is 8.94. The number of imide groups is 1. The predicted octanol–water partition coefficient (Wildman–Crippen LogP) is 4.15. The van der Waals surface area contributed by atoms with Crippen LogP contribution >= 0.6 is 11.6 Å². The largest absolute Gasteiger partial charge is 0.496 e. The predicted molar refractivity (Wildman–Crippen MR) is 100 cm³/mol. The topological polar surface area (TPSA) is 58.6 Å². The second-order valence-corrected chi connectivity index (χ2v) is 6.87. The van der Waals surface area contributed by atoms with E-state index in [9.17, 15) is 14.0 Å². The molecule has 0 spiro atoms. The number of hydrogen-bond acceptors (Lipinski definition) is 3. The second kappa shape index (κ2) is 7.19. The maximum atomic E-state index is 14.1. The maximum absolute atomic E-state index is 14.1. The molecule has 5 nitrogen and oxygen atoms in total. The van der Waals surface area contributed by atoms with Gasteiger partial charge in [0.15, 0.2) is 0 Å². The summed E-state index contributed by atoms with van der Waals surface area (Å²) >= 11 is 6.06. The van der Waals surface area contributed by atoms with Crippen molar-refractivity contribution in [2.75, 3.05) is 7.11 Å². The summed E-state index contributed by atoms with van der Waals surface area (Å²) < 4.78 is 19.4. The molecule has 1 atom stereocenters. The van der Waals surface area contributed by atoms with Crippen molar-refractivity contribution in [2.24, 2.45) is 0 Å². The Morgan fingerprint density at radius 1 is 1.26 bits per heavy atom. The van der Waals surface area contributed by atoms with Crippen LogP contribution in [0.2, 0.25) is 5.02 Å². The van der Waals surface area contributed by atoms with Gasteiger partial charge in [0.25, 0.3) is 5.91 Å². The summed E-state index contributed by atoms with van der Waals surface area (Å²) in [5.41, 5.74) is 0.413. The Morgan fingerprint density at radius 2 is 2.00 bits per heavy atom. The van der Waals surface area contributed by atoms with Crippen molar-refractivity contribution in [1.29, 1.82) is 0 Å². The molecule has 0 saturated carbocycles. The highest BCUT2D eigenvalue weighted by molar-refractivity contribution is 6.31. The Bertz CT molecular complexity index is 898. The molecule has 0 aromatic heterocycles. The Morgan fingerprint density at radius 3 is 2.59 bits per heavy atom. The van der Waals surface area contributed by atoms with E-state index < -0.39 is 23.3 Å². The number of urea groups is 1. The summed E-state index contributed by atoms with van der Waals surface area (Å²) in [6, 6.07) is 9.02. The number of carbonyl (C=O) groups excluding carboxylic acids is 2. The second-order valence-electron chi connectivity index (χ2n) is 6.46. The molecule has 27 heavy (non-hydrogen) atoms. The number of hydrogen-bond donors (Lipinski definition) is 1. The lowest BCUT2D eigenvalue weighted by Gasteiger charge is -2.26. The van der Waals surface area contributed by atoms with Gasteiger partial charge < -0.3 is 10.1 Å². The number of ether oxygens (including phenoxy) is 1. The highest BCUT2D eigenvalue weighted by Gasteiger charge is 2.51. The van der Waals surface area contributed by atoms with Crippen molar-refractivity contribution in [3.8, 4) is 5.75 Å². The highest BCUT2D eigenvalue weighted by atomic mass is 35.5. The molecule has 3 rings (SSSR count). The molecule has 2 aromatic carbocycles. The molecule has 0 radical (unpaired) electrons. The molecule has 1 aliphatic heterocycles. The Kier molecular flexibility index (Phi) is 5.11. The molecule has 1 N–H and O–H groups in total. The number of benzene rings is 2. The number of halogens is 2. The van der Waals surface area contributed by atoms with Gasteiger partial charge in [0.1, 0.15) is 17.1 Å². The van der Waals surface area contributed by atoms with Crippen molar-refractivity contribution in [2.45, 2.75) is 32.4 Å². The van der Waals surface area contributed by atoms with Gasteiger partial charge in [0.05, 0.1) is 13.7 Å². The van der Waals surface area contributed by atoms with Gasteiger partial charge in [-0.2, -0.15) is 0 Å². The van der Waals surface area contributed by atoms with Gasteiger partial charge in [-0.15, -0.1) is 0 Å². The van der Waals surface area contributed by atoms with E-state index in [2.05, 4.69) is 5.32 Å². The minimum absolute atomic E-state index is 0.112. The number of amides is 3. The third-order valence-electron chi connectivity index (χ3n) is 4.97. The average molecular weight is 391 g/mol. The van der Waals surface area contributed by atoms with Crippen molar-refractivity contribution >= 4 is 23.5 Å². The molecule has 0 aliphatic carbocycles. The molecule has 0 bridgehead atoms. The molecule has 1 fully saturated rings. The van der Waals surface area contributed by atoms with Crippen LogP contribution in [0.25, 0.3) is 0 Å². The van der Waals surface area contributed by atoms with Gasteiger partial charge in [-0.25, -0.2) is 9.18 Å². The van der Waals surface area contributed by atoms with E-state index in [1.165, 1.54) is 18.2 Å². The fraction of sp³-hybridized carbons (Fsp3) is 0.300. The SMILES string of the molecule is CCC1(c2ccc(OC)c(C)c2)NC(=O)N(Cc2c(F)cccc2Cl)C1=O. The zero-order valence-electron chi connectivity index (χ0n) is 15.3. The lowest BCUT2D eigenvalue weighted by atomic mass is 9.86. The van der Waals surface area contributed by atoms with Gasteiger partial charge >= 0.3 is 6.03 Å². The lowest BCUT2D eigenvalue weighted by Crippen LogP contribution is -2.43. The summed E-state index contributed by atoms with van der Waals surface area (Å²) in [4.78, 5) is 26.8. The molecule has 3 amide bonds. The fourth-order valence-electron chi connectivity index (χ4n) is 3.39.